The molecule has 0 N–H and O–H groups in total. The molecule has 1 spiro atoms. The molecule has 9 heteroatoms. The molecule has 0 unspecified atom stereocenters. The first-order valence-corrected chi connectivity index (χ1v) is 13.2. The van der Waals surface area contributed by atoms with Crippen LogP contribution in [0.5, 0.6) is 0 Å². The van der Waals surface area contributed by atoms with Gasteiger partial charge in [0.05, 0.1) is 10.9 Å². The highest BCUT2D eigenvalue weighted by Gasteiger charge is 2.44. The van der Waals surface area contributed by atoms with Crippen molar-refractivity contribution in [3.8, 4) is 0 Å². The van der Waals surface area contributed by atoms with Gasteiger partial charge in [0.1, 0.15) is 5.52 Å². The Morgan fingerprint density at radius 1 is 0.919 bits per heavy atom. The molecule has 2 aliphatic heterocycles. The Balaban J connectivity index is 1.06. The van der Waals surface area contributed by atoms with Crippen LogP contribution < -0.4 is 15.4 Å². The van der Waals surface area contributed by atoms with Crippen molar-refractivity contribution in [3.63, 3.8) is 0 Å². The summed E-state index contributed by atoms with van der Waals surface area (Å²) in [7, 11) is 1.75. The maximum Gasteiger partial charge on any atom is 0.298 e. The number of piperazine rings is 1. The Morgan fingerprint density at radius 2 is 1.73 bits per heavy atom. The first kappa shape index (κ1) is 22.3. The Hall–Kier alpha value is -3.88. The van der Waals surface area contributed by atoms with Gasteiger partial charge in [-0.15, -0.1) is 0 Å². The molecule has 37 heavy (non-hydrogen) atoms. The zero-order chi connectivity index (χ0) is 25.1. The van der Waals surface area contributed by atoms with Crippen LogP contribution in [-0.2, 0) is 7.05 Å². The molecule has 3 fully saturated rings. The molecule has 1 aliphatic carbocycles. The monoisotopic (exact) mass is 498 g/mol. The molecule has 2 saturated heterocycles. The second-order valence-electron chi connectivity index (χ2n) is 10.8. The van der Waals surface area contributed by atoms with Crippen LogP contribution in [0.3, 0.4) is 0 Å². The van der Waals surface area contributed by atoms with E-state index >= 15 is 0 Å². The van der Waals surface area contributed by atoms with Gasteiger partial charge in [0.15, 0.2) is 5.58 Å². The number of oxazole rings is 1. The van der Waals surface area contributed by atoms with E-state index in [-0.39, 0.29) is 11.5 Å². The van der Waals surface area contributed by atoms with E-state index in [1.54, 1.807) is 17.7 Å². The van der Waals surface area contributed by atoms with Crippen molar-refractivity contribution in [2.24, 2.45) is 12.5 Å². The van der Waals surface area contributed by atoms with E-state index in [0.717, 1.165) is 18.6 Å². The fraction of sp³-hybridized carbons (Fsp3) is 0.429. The van der Waals surface area contributed by atoms with Crippen LogP contribution in [0, 0.1) is 5.41 Å². The Kier molecular flexibility index (Phi) is 5.02. The maximum absolute atomic E-state index is 13.3. The number of para-hydroxylation sites is 1. The number of carbonyl (C=O) groups excluding carboxylic acids is 1. The van der Waals surface area contributed by atoms with Crippen molar-refractivity contribution >= 4 is 39.9 Å². The number of benzene rings is 2. The van der Waals surface area contributed by atoms with E-state index in [4.69, 9.17) is 14.4 Å². The minimum atomic E-state index is -0.0596. The fourth-order valence-corrected chi connectivity index (χ4v) is 6.15. The lowest BCUT2D eigenvalue weighted by Crippen LogP contribution is -2.50. The summed E-state index contributed by atoms with van der Waals surface area (Å²) in [5, 5.41) is 0.612. The second kappa shape index (κ2) is 8.33. The first-order chi connectivity index (χ1) is 18.0. The zero-order valence-electron chi connectivity index (χ0n) is 21.0. The second-order valence-corrected chi connectivity index (χ2v) is 10.8. The molecular formula is C28H30N6O3. The van der Waals surface area contributed by atoms with E-state index < -0.39 is 0 Å². The molecule has 7 rings (SSSR count). The van der Waals surface area contributed by atoms with E-state index in [1.807, 2.05) is 41.3 Å². The van der Waals surface area contributed by atoms with Gasteiger partial charge in [0.2, 0.25) is 5.95 Å². The van der Waals surface area contributed by atoms with E-state index in [2.05, 4.69) is 9.80 Å². The van der Waals surface area contributed by atoms with Gasteiger partial charge < -0.3 is 19.1 Å². The van der Waals surface area contributed by atoms with Crippen LogP contribution in [0.1, 0.15) is 36.0 Å². The molecule has 1 saturated carbocycles. The summed E-state index contributed by atoms with van der Waals surface area (Å²) in [6.07, 6.45) is 5.16. The Labute approximate surface area is 214 Å². The summed E-state index contributed by atoms with van der Waals surface area (Å²) >= 11 is 0. The highest BCUT2D eigenvalue weighted by molar-refractivity contribution is 5.97. The number of amides is 1. The van der Waals surface area contributed by atoms with Crippen LogP contribution in [0.2, 0.25) is 0 Å². The summed E-state index contributed by atoms with van der Waals surface area (Å²) in [4.78, 5) is 41.8. The Bertz CT molecular complexity index is 1580. The molecular weight excluding hydrogens is 468 g/mol. The number of anilines is 2. The van der Waals surface area contributed by atoms with Crippen LogP contribution in [-0.4, -0.2) is 64.6 Å². The third-order valence-corrected chi connectivity index (χ3v) is 8.56. The number of nitrogens with zero attached hydrogens (tertiary/aromatic N) is 6. The summed E-state index contributed by atoms with van der Waals surface area (Å²) in [6, 6.07) is 13.6. The fourth-order valence-electron chi connectivity index (χ4n) is 6.15. The third-order valence-electron chi connectivity index (χ3n) is 8.56. The van der Waals surface area contributed by atoms with Gasteiger partial charge >= 0.3 is 0 Å². The van der Waals surface area contributed by atoms with Crippen LogP contribution in [0.15, 0.2) is 51.7 Å². The molecule has 0 bridgehead atoms. The predicted octanol–water partition coefficient (Wildman–Crippen LogP) is 3.42. The van der Waals surface area contributed by atoms with Crippen molar-refractivity contribution in [3.05, 3.63) is 58.4 Å². The lowest BCUT2D eigenvalue weighted by Gasteiger charge is -2.37. The minimum Gasteiger partial charge on any atom is -0.423 e. The van der Waals surface area contributed by atoms with Crippen molar-refractivity contribution < 1.29 is 9.21 Å². The van der Waals surface area contributed by atoms with Gasteiger partial charge in [0, 0.05) is 51.9 Å². The molecule has 4 heterocycles. The van der Waals surface area contributed by atoms with Gasteiger partial charge in [-0.25, -0.2) is 4.98 Å². The number of rotatable bonds is 3. The number of hydrogen-bond donors (Lipinski definition) is 0. The number of aromatic nitrogens is 3. The van der Waals surface area contributed by atoms with Crippen molar-refractivity contribution in [1.82, 2.24) is 19.4 Å². The van der Waals surface area contributed by atoms with Crippen LogP contribution in [0.4, 0.5) is 12.0 Å². The smallest absolute Gasteiger partial charge is 0.298 e. The molecule has 9 nitrogen and oxygen atoms in total. The zero-order valence-corrected chi connectivity index (χ0v) is 21.0. The van der Waals surface area contributed by atoms with E-state index in [0.29, 0.717) is 65.6 Å². The lowest BCUT2D eigenvalue weighted by atomic mass is 9.68. The van der Waals surface area contributed by atoms with Gasteiger partial charge in [-0.2, -0.15) is 4.98 Å². The lowest BCUT2D eigenvalue weighted by molar-refractivity contribution is 0.0746. The van der Waals surface area contributed by atoms with Gasteiger partial charge in [-0.3, -0.25) is 14.2 Å². The van der Waals surface area contributed by atoms with Crippen molar-refractivity contribution in [1.29, 1.82) is 0 Å². The summed E-state index contributed by atoms with van der Waals surface area (Å²) < 4.78 is 7.72. The topological polar surface area (TPSA) is 87.7 Å². The molecule has 1 amide bonds. The third kappa shape index (κ3) is 3.67. The number of hydrogen-bond acceptors (Lipinski definition) is 7. The molecule has 2 aromatic heterocycles. The quantitative estimate of drug-likeness (QED) is 0.428. The number of fused-ring (bicyclic) bond motifs is 2. The molecule has 190 valence electrons. The predicted molar refractivity (Wildman–Crippen MR) is 142 cm³/mol. The first-order valence-electron chi connectivity index (χ1n) is 13.2. The summed E-state index contributed by atoms with van der Waals surface area (Å²) in [6.45, 7) is 4.33. The Morgan fingerprint density at radius 3 is 2.49 bits per heavy atom. The largest absolute Gasteiger partial charge is 0.423 e. The van der Waals surface area contributed by atoms with E-state index in [1.165, 1.54) is 25.7 Å². The number of carbonyl (C=O) groups is 1. The summed E-state index contributed by atoms with van der Waals surface area (Å²) in [5.41, 5.74) is 3.15. The standard InChI is InChI=1S/C28H30N6O3/c1-31-25(36)20-5-2-3-6-21(20)29-26(31)33-15-13-32(14-16-33)24(35)19-7-8-22-23(17-19)37-27(30-22)34-12-11-28(18-34)9-4-10-28/h2-3,5-8,17H,4,9-16,18H2,1H3. The highest BCUT2D eigenvalue weighted by atomic mass is 16.4. The maximum atomic E-state index is 13.3. The molecule has 2 aromatic carbocycles. The van der Waals surface area contributed by atoms with Crippen LogP contribution in [0.25, 0.3) is 22.0 Å². The normalized spacial score (nSPS) is 19.2. The van der Waals surface area contributed by atoms with Crippen LogP contribution >= 0.6 is 0 Å². The molecule has 3 aliphatic rings. The average Bonchev–Trinajstić information content (AvgIpc) is 3.55. The molecule has 0 atom stereocenters. The average molecular weight is 499 g/mol. The van der Waals surface area contributed by atoms with Gasteiger partial charge in [0.25, 0.3) is 17.5 Å². The van der Waals surface area contributed by atoms with Gasteiger partial charge in [-0.05, 0) is 55.0 Å². The summed E-state index contributed by atoms with van der Waals surface area (Å²) in [5.74, 6) is 0.617. The molecule has 4 aromatic rings. The SMILES string of the molecule is Cn1c(N2CCN(C(=O)c3ccc4nc(N5CCC6(CCC6)C5)oc4c3)CC2)nc2ccccc2c1=O. The van der Waals surface area contributed by atoms with Crippen molar-refractivity contribution in [2.45, 2.75) is 25.7 Å². The highest BCUT2D eigenvalue weighted by Crippen LogP contribution is 2.48. The van der Waals surface area contributed by atoms with E-state index in [9.17, 15) is 9.59 Å². The van der Waals surface area contributed by atoms with Crippen molar-refractivity contribution in [2.75, 3.05) is 49.1 Å². The molecule has 0 radical (unpaired) electrons. The van der Waals surface area contributed by atoms with Gasteiger partial charge in [-0.1, -0.05) is 18.6 Å². The minimum absolute atomic E-state index is 0.0190.